The van der Waals surface area contributed by atoms with E-state index in [0.717, 1.165) is 33.3 Å². The smallest absolute Gasteiger partial charge is 0.193 e. The Labute approximate surface area is 139 Å². The van der Waals surface area contributed by atoms with Crippen LogP contribution in [0.3, 0.4) is 0 Å². The van der Waals surface area contributed by atoms with Crippen molar-refractivity contribution in [1.82, 2.24) is 9.97 Å². The van der Waals surface area contributed by atoms with Crippen LogP contribution in [0.4, 0.5) is 0 Å². The summed E-state index contributed by atoms with van der Waals surface area (Å²) in [6, 6.07) is 21.5. The molecule has 0 fully saturated rings. The van der Waals surface area contributed by atoms with Crippen molar-refractivity contribution in [2.75, 3.05) is 0 Å². The van der Waals surface area contributed by atoms with E-state index in [9.17, 15) is 4.79 Å². The fourth-order valence-electron chi connectivity index (χ4n) is 3.00. The molecule has 2 heterocycles. The lowest BCUT2D eigenvalue weighted by molar-refractivity contribution is 1.13. The number of fused-ring (bicyclic) bond motifs is 1. The molecule has 116 valence electrons. The summed E-state index contributed by atoms with van der Waals surface area (Å²) >= 11 is 0. The lowest BCUT2D eigenvalue weighted by Crippen LogP contribution is -2.13. The average Bonchev–Trinajstić information content (AvgIpc) is 2.65. The summed E-state index contributed by atoms with van der Waals surface area (Å²) < 4.78 is 0. The van der Waals surface area contributed by atoms with Gasteiger partial charge in [0.1, 0.15) is 0 Å². The maximum atomic E-state index is 13.1. The van der Waals surface area contributed by atoms with E-state index in [1.165, 1.54) is 0 Å². The highest BCUT2D eigenvalue weighted by molar-refractivity contribution is 5.83. The molecule has 4 aromatic rings. The molecule has 0 spiro atoms. The molecule has 3 heteroatoms. The Bertz CT molecular complexity index is 1040. The summed E-state index contributed by atoms with van der Waals surface area (Å²) in [4.78, 5) is 20.6. The topological polar surface area (TPSA) is 45.8 Å². The molecule has 24 heavy (non-hydrogen) atoms. The van der Waals surface area contributed by atoms with E-state index in [1.54, 1.807) is 12.4 Å². The van der Waals surface area contributed by atoms with Crippen LogP contribution in [0.1, 0.15) is 11.1 Å². The van der Waals surface area contributed by atoms with Crippen LogP contribution < -0.4 is 5.43 Å². The minimum atomic E-state index is 0.0833. The number of aromatic nitrogens is 2. The van der Waals surface area contributed by atoms with Gasteiger partial charge in [-0.1, -0.05) is 42.5 Å². The van der Waals surface area contributed by atoms with E-state index >= 15 is 0 Å². The molecule has 0 saturated carbocycles. The van der Waals surface area contributed by atoms with Crippen molar-refractivity contribution in [3.63, 3.8) is 0 Å². The van der Waals surface area contributed by atoms with Gasteiger partial charge in [-0.05, 0) is 35.4 Å². The second-order valence-electron chi connectivity index (χ2n) is 5.75. The fourth-order valence-corrected chi connectivity index (χ4v) is 3.00. The van der Waals surface area contributed by atoms with Crippen molar-refractivity contribution in [1.29, 1.82) is 0 Å². The van der Waals surface area contributed by atoms with Crippen LogP contribution in [0.15, 0.2) is 83.9 Å². The molecule has 0 atom stereocenters. The van der Waals surface area contributed by atoms with E-state index in [-0.39, 0.29) is 5.43 Å². The highest BCUT2D eigenvalue weighted by Gasteiger charge is 2.13. The summed E-state index contributed by atoms with van der Waals surface area (Å²) in [5, 5.41) is 0.723. The van der Waals surface area contributed by atoms with Gasteiger partial charge in [0.05, 0.1) is 5.69 Å². The zero-order valence-corrected chi connectivity index (χ0v) is 13.1. The molecule has 0 unspecified atom stereocenters. The first-order chi connectivity index (χ1) is 11.8. The molecule has 0 radical (unpaired) electrons. The number of hydrogen-bond donors (Lipinski definition) is 1. The Kier molecular flexibility index (Phi) is 3.67. The summed E-state index contributed by atoms with van der Waals surface area (Å²) in [6.45, 7) is 0. The van der Waals surface area contributed by atoms with Crippen LogP contribution in [0.2, 0.25) is 0 Å². The highest BCUT2D eigenvalue weighted by Crippen LogP contribution is 2.24. The van der Waals surface area contributed by atoms with Gasteiger partial charge in [0.25, 0.3) is 0 Å². The molecular formula is C21H16N2O. The number of nitrogens with zero attached hydrogens (tertiary/aromatic N) is 1. The van der Waals surface area contributed by atoms with Crippen molar-refractivity contribution in [3.05, 3.63) is 100 Å². The zero-order valence-electron chi connectivity index (χ0n) is 13.1. The summed E-state index contributed by atoms with van der Waals surface area (Å²) in [5.41, 5.74) is 4.70. The zero-order chi connectivity index (χ0) is 16.4. The Morgan fingerprint density at radius 3 is 2.33 bits per heavy atom. The monoisotopic (exact) mass is 312 g/mol. The van der Waals surface area contributed by atoms with Crippen molar-refractivity contribution in [2.24, 2.45) is 0 Å². The Balaban J connectivity index is 1.98. The van der Waals surface area contributed by atoms with E-state index in [2.05, 4.69) is 9.97 Å². The lowest BCUT2D eigenvalue weighted by atomic mass is 9.97. The molecule has 0 aliphatic carbocycles. The Hall–Kier alpha value is -3.20. The van der Waals surface area contributed by atoms with Gasteiger partial charge in [0, 0.05) is 35.3 Å². The van der Waals surface area contributed by atoms with Crippen LogP contribution >= 0.6 is 0 Å². The quantitative estimate of drug-likeness (QED) is 0.617. The first kappa shape index (κ1) is 14.4. The van der Waals surface area contributed by atoms with Crippen LogP contribution in [0.5, 0.6) is 0 Å². The summed E-state index contributed by atoms with van der Waals surface area (Å²) in [6.07, 6.45) is 4.09. The molecule has 4 rings (SSSR count). The van der Waals surface area contributed by atoms with Crippen molar-refractivity contribution < 1.29 is 0 Å². The van der Waals surface area contributed by atoms with Crippen LogP contribution in [0, 0.1) is 0 Å². The minimum Gasteiger partial charge on any atom is -0.354 e. The number of aromatic amines is 1. The predicted molar refractivity (Wildman–Crippen MR) is 97.0 cm³/mol. The molecule has 1 N–H and O–H groups in total. The van der Waals surface area contributed by atoms with Gasteiger partial charge in [-0.3, -0.25) is 9.78 Å². The predicted octanol–water partition coefficient (Wildman–Crippen LogP) is 4.18. The number of H-pyrrole nitrogens is 1. The Morgan fingerprint density at radius 1 is 0.833 bits per heavy atom. The molecule has 0 aliphatic rings. The van der Waals surface area contributed by atoms with Crippen molar-refractivity contribution in [2.45, 2.75) is 6.42 Å². The molecule has 0 saturated heterocycles. The van der Waals surface area contributed by atoms with Gasteiger partial charge < -0.3 is 4.98 Å². The number of nitrogens with one attached hydrogen (secondary N) is 1. The van der Waals surface area contributed by atoms with Crippen molar-refractivity contribution in [3.8, 4) is 11.3 Å². The maximum Gasteiger partial charge on any atom is 0.193 e. The molecular weight excluding hydrogens is 296 g/mol. The van der Waals surface area contributed by atoms with Gasteiger partial charge in [-0.2, -0.15) is 0 Å². The third kappa shape index (κ3) is 2.61. The molecule has 0 aliphatic heterocycles. The van der Waals surface area contributed by atoms with E-state index < -0.39 is 0 Å². The number of hydrogen-bond acceptors (Lipinski definition) is 2. The highest BCUT2D eigenvalue weighted by atomic mass is 16.1. The number of rotatable bonds is 3. The van der Waals surface area contributed by atoms with Gasteiger partial charge >= 0.3 is 0 Å². The third-order valence-corrected chi connectivity index (χ3v) is 4.20. The van der Waals surface area contributed by atoms with Gasteiger partial charge in [0.2, 0.25) is 0 Å². The van der Waals surface area contributed by atoms with Gasteiger partial charge in [-0.25, -0.2) is 0 Å². The van der Waals surface area contributed by atoms with E-state index in [1.807, 2.05) is 66.7 Å². The molecule has 0 bridgehead atoms. The van der Waals surface area contributed by atoms with Crippen LogP contribution in [-0.4, -0.2) is 9.97 Å². The summed E-state index contributed by atoms with van der Waals surface area (Å²) in [5.74, 6) is 0. The number of para-hydroxylation sites is 1. The van der Waals surface area contributed by atoms with Gasteiger partial charge in [0.15, 0.2) is 5.43 Å². The Morgan fingerprint density at radius 2 is 1.54 bits per heavy atom. The second-order valence-corrected chi connectivity index (χ2v) is 5.75. The van der Waals surface area contributed by atoms with E-state index in [0.29, 0.717) is 6.42 Å². The van der Waals surface area contributed by atoms with Crippen molar-refractivity contribution >= 4 is 10.9 Å². The summed E-state index contributed by atoms with van der Waals surface area (Å²) in [7, 11) is 0. The minimum absolute atomic E-state index is 0.0833. The molecule has 2 aromatic heterocycles. The molecule has 0 amide bonds. The number of pyridine rings is 2. The maximum absolute atomic E-state index is 13.1. The lowest BCUT2D eigenvalue weighted by Gasteiger charge is -2.12. The second kappa shape index (κ2) is 6.13. The molecule has 2 aromatic carbocycles. The average molecular weight is 312 g/mol. The van der Waals surface area contributed by atoms with E-state index in [4.69, 9.17) is 0 Å². The number of benzene rings is 2. The first-order valence-electron chi connectivity index (χ1n) is 7.91. The van der Waals surface area contributed by atoms with Crippen LogP contribution in [-0.2, 0) is 6.42 Å². The first-order valence-corrected chi connectivity index (χ1v) is 7.91. The SMILES string of the molecule is O=c1c(Cc2ccncc2)c(-c2ccccc2)[nH]c2ccccc12. The standard InChI is InChI=1S/C21H16N2O/c24-21-17-8-4-5-9-19(17)23-20(16-6-2-1-3-7-16)18(21)14-15-10-12-22-13-11-15/h1-13H,14H2,(H,23,24). The van der Waals surface area contributed by atoms with Crippen LogP contribution in [0.25, 0.3) is 22.2 Å². The largest absolute Gasteiger partial charge is 0.354 e. The fraction of sp³-hybridized carbons (Fsp3) is 0.0476. The third-order valence-electron chi connectivity index (χ3n) is 4.20. The normalized spacial score (nSPS) is 10.8. The van der Waals surface area contributed by atoms with Gasteiger partial charge in [-0.15, -0.1) is 0 Å². The molecule has 3 nitrogen and oxygen atoms in total.